The van der Waals surface area contributed by atoms with Crippen molar-refractivity contribution in [3.63, 3.8) is 0 Å². The topological polar surface area (TPSA) is 103 Å². The van der Waals surface area contributed by atoms with Crippen LogP contribution >= 0.6 is 0 Å². The van der Waals surface area contributed by atoms with Crippen molar-refractivity contribution in [1.29, 1.82) is 0 Å². The third-order valence-corrected chi connectivity index (χ3v) is 3.20. The molecular formula is C17H17N5O. The number of hydrogen-bond acceptors (Lipinski definition) is 5. The fraction of sp³-hybridized carbons (Fsp3) is 0.176. The summed E-state index contributed by atoms with van der Waals surface area (Å²) in [7, 11) is 0. The first kappa shape index (κ1) is 14.9. The molecule has 0 aliphatic heterocycles. The maximum Gasteiger partial charge on any atom is 0.223 e. The summed E-state index contributed by atoms with van der Waals surface area (Å²) in [5.41, 5.74) is 12.1. The molecule has 3 rings (SSSR count). The van der Waals surface area contributed by atoms with Gasteiger partial charge < -0.3 is 21.1 Å². The first-order chi connectivity index (χ1) is 10.8. The van der Waals surface area contributed by atoms with Crippen LogP contribution in [-0.4, -0.2) is 25.2 Å². The zero-order valence-electron chi connectivity index (χ0n) is 12.9. The average molecular weight is 307 g/mol. The van der Waals surface area contributed by atoms with Gasteiger partial charge in [-0.2, -0.15) is 9.97 Å². The number of aliphatic hydroxyl groups is 1. The zero-order valence-corrected chi connectivity index (χ0v) is 12.9. The molecule has 0 aliphatic rings. The first-order valence-corrected chi connectivity index (χ1v) is 7.09. The Hall–Kier alpha value is -3.04. The van der Waals surface area contributed by atoms with Crippen LogP contribution in [0.4, 0.5) is 11.8 Å². The molecular weight excluding hydrogens is 290 g/mol. The summed E-state index contributed by atoms with van der Waals surface area (Å²) in [5.74, 6) is 6.81. The van der Waals surface area contributed by atoms with Gasteiger partial charge in [0.15, 0.2) is 0 Å². The van der Waals surface area contributed by atoms with Crippen molar-refractivity contribution >= 4 is 22.7 Å². The van der Waals surface area contributed by atoms with E-state index in [2.05, 4.69) is 21.8 Å². The molecule has 116 valence electrons. The third-order valence-electron chi connectivity index (χ3n) is 3.20. The number of nitrogens with two attached hydrogens (primary N) is 2. The molecule has 6 heteroatoms. The maximum absolute atomic E-state index is 9.72. The Morgan fingerprint density at radius 1 is 1.13 bits per heavy atom. The fourth-order valence-electron chi connectivity index (χ4n) is 2.23. The Kier molecular flexibility index (Phi) is 3.43. The molecule has 0 atom stereocenters. The molecule has 0 aliphatic carbocycles. The van der Waals surface area contributed by atoms with Crippen LogP contribution in [0.25, 0.3) is 16.7 Å². The summed E-state index contributed by atoms with van der Waals surface area (Å²) in [5, 5.41) is 10.8. The van der Waals surface area contributed by atoms with Crippen molar-refractivity contribution in [2.24, 2.45) is 0 Å². The molecule has 0 amide bonds. The van der Waals surface area contributed by atoms with Gasteiger partial charge in [-0.1, -0.05) is 17.9 Å². The fourth-order valence-corrected chi connectivity index (χ4v) is 2.23. The largest absolute Gasteiger partial charge is 0.383 e. The number of fused-ring (bicyclic) bond motifs is 1. The molecule has 5 N–H and O–H groups in total. The quantitative estimate of drug-likeness (QED) is 0.594. The van der Waals surface area contributed by atoms with Gasteiger partial charge in [0.1, 0.15) is 17.2 Å². The molecule has 2 heterocycles. The van der Waals surface area contributed by atoms with Gasteiger partial charge in [0, 0.05) is 23.2 Å². The molecule has 23 heavy (non-hydrogen) atoms. The number of anilines is 2. The summed E-state index contributed by atoms with van der Waals surface area (Å²) >= 11 is 0. The second-order valence-corrected chi connectivity index (χ2v) is 5.78. The van der Waals surface area contributed by atoms with E-state index in [1.54, 1.807) is 19.9 Å². The van der Waals surface area contributed by atoms with E-state index in [4.69, 9.17) is 11.5 Å². The van der Waals surface area contributed by atoms with Crippen LogP contribution in [0, 0.1) is 11.8 Å². The second kappa shape index (κ2) is 5.30. The van der Waals surface area contributed by atoms with E-state index < -0.39 is 5.60 Å². The van der Waals surface area contributed by atoms with Gasteiger partial charge in [0.2, 0.25) is 5.95 Å². The van der Waals surface area contributed by atoms with Gasteiger partial charge in [-0.3, -0.25) is 0 Å². The Labute approximate surface area is 133 Å². The van der Waals surface area contributed by atoms with Gasteiger partial charge in [-0.05, 0) is 32.0 Å². The van der Waals surface area contributed by atoms with Gasteiger partial charge in [-0.25, -0.2) is 0 Å². The van der Waals surface area contributed by atoms with Gasteiger partial charge in [0.05, 0.1) is 5.52 Å². The van der Waals surface area contributed by atoms with Crippen LogP contribution in [0.5, 0.6) is 0 Å². The standard InChI is InChI=1S/C17H17N5O/c1-17(2,23)7-5-11-3-4-12-6-8-22(13(12)9-11)15-10-14(18)20-16(19)21-15/h3-4,6,8-10,23H,1-2H3,(H4,18,19,20,21). The summed E-state index contributed by atoms with van der Waals surface area (Å²) in [6, 6.07) is 9.44. The minimum atomic E-state index is -1.04. The predicted molar refractivity (Wildman–Crippen MR) is 90.9 cm³/mol. The molecule has 0 saturated carbocycles. The summed E-state index contributed by atoms with van der Waals surface area (Å²) in [6.45, 7) is 3.29. The summed E-state index contributed by atoms with van der Waals surface area (Å²) in [6.07, 6.45) is 1.89. The first-order valence-electron chi connectivity index (χ1n) is 7.09. The van der Waals surface area contributed by atoms with Crippen molar-refractivity contribution < 1.29 is 5.11 Å². The SMILES string of the molecule is CC(C)(O)C#Cc1ccc2ccn(-c3cc(N)nc(N)n3)c2c1. The second-order valence-electron chi connectivity index (χ2n) is 5.78. The summed E-state index contributed by atoms with van der Waals surface area (Å²) in [4.78, 5) is 8.09. The molecule has 0 spiro atoms. The van der Waals surface area contributed by atoms with Gasteiger partial charge >= 0.3 is 0 Å². The molecule has 0 bridgehead atoms. The van der Waals surface area contributed by atoms with Gasteiger partial charge in [0.25, 0.3) is 0 Å². The van der Waals surface area contributed by atoms with Crippen molar-refractivity contribution in [2.75, 3.05) is 11.5 Å². The molecule has 6 nitrogen and oxygen atoms in total. The van der Waals surface area contributed by atoms with E-state index in [1.165, 1.54) is 0 Å². The zero-order chi connectivity index (χ0) is 16.6. The number of aromatic nitrogens is 3. The highest BCUT2D eigenvalue weighted by molar-refractivity contribution is 5.83. The third kappa shape index (κ3) is 3.25. The lowest BCUT2D eigenvalue weighted by atomic mass is 10.1. The van der Waals surface area contributed by atoms with Crippen LogP contribution in [0.2, 0.25) is 0 Å². The highest BCUT2D eigenvalue weighted by atomic mass is 16.3. The minimum absolute atomic E-state index is 0.125. The van der Waals surface area contributed by atoms with Crippen LogP contribution in [-0.2, 0) is 0 Å². The molecule has 0 radical (unpaired) electrons. The molecule has 0 unspecified atom stereocenters. The molecule has 1 aromatic carbocycles. The lowest BCUT2D eigenvalue weighted by molar-refractivity contribution is 0.143. The van der Waals surface area contributed by atoms with Crippen LogP contribution < -0.4 is 11.5 Å². The van der Waals surface area contributed by atoms with Crippen molar-refractivity contribution in [1.82, 2.24) is 14.5 Å². The minimum Gasteiger partial charge on any atom is -0.383 e. The van der Waals surface area contributed by atoms with Crippen molar-refractivity contribution in [3.8, 4) is 17.7 Å². The normalized spacial score (nSPS) is 11.3. The Morgan fingerprint density at radius 2 is 1.91 bits per heavy atom. The Morgan fingerprint density at radius 3 is 2.61 bits per heavy atom. The molecule has 0 saturated heterocycles. The molecule has 0 fully saturated rings. The van der Waals surface area contributed by atoms with E-state index in [9.17, 15) is 5.11 Å². The average Bonchev–Trinajstić information content (AvgIpc) is 2.86. The van der Waals surface area contributed by atoms with Crippen LogP contribution in [0.3, 0.4) is 0 Å². The lowest BCUT2D eigenvalue weighted by Gasteiger charge is -2.07. The van der Waals surface area contributed by atoms with E-state index in [0.717, 1.165) is 16.5 Å². The van der Waals surface area contributed by atoms with Crippen LogP contribution in [0.1, 0.15) is 19.4 Å². The lowest BCUT2D eigenvalue weighted by Crippen LogP contribution is -2.14. The number of nitrogen functional groups attached to an aromatic ring is 2. The van der Waals surface area contributed by atoms with Crippen molar-refractivity contribution in [2.45, 2.75) is 19.4 Å². The summed E-state index contributed by atoms with van der Waals surface area (Å²) < 4.78 is 1.87. The van der Waals surface area contributed by atoms with Crippen molar-refractivity contribution in [3.05, 3.63) is 42.1 Å². The van der Waals surface area contributed by atoms with E-state index in [-0.39, 0.29) is 5.95 Å². The molecule has 3 aromatic rings. The number of rotatable bonds is 1. The predicted octanol–water partition coefficient (Wildman–Crippen LogP) is 1.71. The molecule has 2 aromatic heterocycles. The maximum atomic E-state index is 9.72. The van der Waals surface area contributed by atoms with Gasteiger partial charge in [-0.15, -0.1) is 0 Å². The monoisotopic (exact) mass is 307 g/mol. The Balaban J connectivity index is 2.13. The highest BCUT2D eigenvalue weighted by Crippen LogP contribution is 2.22. The van der Waals surface area contributed by atoms with E-state index >= 15 is 0 Å². The number of nitrogens with zero attached hydrogens (tertiary/aromatic N) is 3. The smallest absolute Gasteiger partial charge is 0.223 e. The van der Waals surface area contributed by atoms with E-state index in [1.807, 2.05) is 35.0 Å². The number of benzene rings is 1. The van der Waals surface area contributed by atoms with Crippen LogP contribution in [0.15, 0.2) is 36.5 Å². The van der Waals surface area contributed by atoms with E-state index in [0.29, 0.717) is 11.6 Å². The number of hydrogen-bond donors (Lipinski definition) is 3. The highest BCUT2D eigenvalue weighted by Gasteiger charge is 2.08. The Bertz CT molecular complexity index is 921.